The molecule has 0 radical (unpaired) electrons. The standard InChI is InChI=1S/C23H25FN6O5S/c1-36(34,35)27-22(31)17-13-18(28-9-11-29(12-10-28)23(32)33)19-20(14-3-2-4-14)26-30(21(19)25-17)16-7-5-15(24)6-8-16/h5-8,13-14H,2-4,9-12H2,1H3,(H,27,31)(H,32,33). The molecule has 11 nitrogen and oxygen atoms in total. The number of fused-ring (bicyclic) bond motifs is 1. The van der Waals surface area contributed by atoms with Crippen molar-refractivity contribution in [1.29, 1.82) is 0 Å². The Balaban J connectivity index is 1.70. The molecule has 2 aliphatic rings. The van der Waals surface area contributed by atoms with Gasteiger partial charge in [0.2, 0.25) is 10.0 Å². The van der Waals surface area contributed by atoms with Crippen LogP contribution in [-0.4, -0.2) is 77.6 Å². The van der Waals surface area contributed by atoms with Crippen LogP contribution < -0.4 is 9.62 Å². The summed E-state index contributed by atoms with van der Waals surface area (Å²) >= 11 is 0. The first kappa shape index (κ1) is 24.0. The van der Waals surface area contributed by atoms with Crippen molar-refractivity contribution in [3.63, 3.8) is 0 Å². The van der Waals surface area contributed by atoms with Gasteiger partial charge in [-0.15, -0.1) is 0 Å². The average molecular weight is 517 g/mol. The average Bonchev–Trinajstić information content (AvgIpc) is 3.16. The Bertz CT molecular complexity index is 1440. The van der Waals surface area contributed by atoms with Crippen molar-refractivity contribution in [3.8, 4) is 5.69 Å². The highest BCUT2D eigenvalue weighted by Crippen LogP contribution is 2.42. The first-order valence-corrected chi connectivity index (χ1v) is 13.4. The predicted molar refractivity (Wildman–Crippen MR) is 130 cm³/mol. The molecule has 36 heavy (non-hydrogen) atoms. The topological polar surface area (TPSA) is 138 Å². The fraction of sp³-hybridized carbons (Fsp3) is 0.391. The second-order valence-electron chi connectivity index (χ2n) is 9.09. The number of carbonyl (C=O) groups is 2. The van der Waals surface area contributed by atoms with Gasteiger partial charge in [0.25, 0.3) is 5.91 Å². The lowest BCUT2D eigenvalue weighted by Gasteiger charge is -2.35. The zero-order valence-corrected chi connectivity index (χ0v) is 20.3. The zero-order valence-electron chi connectivity index (χ0n) is 19.5. The monoisotopic (exact) mass is 516 g/mol. The van der Waals surface area contributed by atoms with Gasteiger partial charge in [-0.1, -0.05) is 6.42 Å². The number of amides is 2. The first-order valence-electron chi connectivity index (χ1n) is 11.6. The number of hydrogen-bond acceptors (Lipinski definition) is 7. The van der Waals surface area contributed by atoms with Gasteiger partial charge >= 0.3 is 6.09 Å². The molecule has 2 amide bonds. The van der Waals surface area contributed by atoms with Crippen molar-refractivity contribution >= 4 is 38.7 Å². The Morgan fingerprint density at radius 2 is 1.78 bits per heavy atom. The number of carboxylic acid groups (broad SMARTS) is 1. The molecule has 1 aliphatic carbocycles. The molecule has 3 heterocycles. The number of sulfonamides is 1. The van der Waals surface area contributed by atoms with E-state index in [9.17, 15) is 27.5 Å². The van der Waals surface area contributed by atoms with Gasteiger partial charge in [0, 0.05) is 32.1 Å². The highest BCUT2D eigenvalue weighted by molar-refractivity contribution is 7.89. The molecule has 5 rings (SSSR count). The Kier molecular flexibility index (Phi) is 6.02. The maximum atomic E-state index is 13.6. The summed E-state index contributed by atoms with van der Waals surface area (Å²) < 4.78 is 40.6. The maximum Gasteiger partial charge on any atom is 0.407 e. The molecule has 3 aromatic rings. The lowest BCUT2D eigenvalue weighted by Crippen LogP contribution is -2.48. The first-order chi connectivity index (χ1) is 17.1. The van der Waals surface area contributed by atoms with Crippen LogP contribution in [0.25, 0.3) is 16.7 Å². The number of piperazine rings is 1. The van der Waals surface area contributed by atoms with Gasteiger partial charge in [-0.3, -0.25) is 4.79 Å². The molecule has 190 valence electrons. The van der Waals surface area contributed by atoms with Crippen molar-refractivity contribution in [2.24, 2.45) is 0 Å². The molecule has 2 fully saturated rings. The van der Waals surface area contributed by atoms with Crippen molar-refractivity contribution < 1.29 is 27.5 Å². The van der Waals surface area contributed by atoms with E-state index in [1.54, 1.807) is 16.8 Å². The molecule has 2 N–H and O–H groups in total. The molecule has 1 saturated carbocycles. The number of nitrogens with zero attached hydrogens (tertiary/aromatic N) is 5. The van der Waals surface area contributed by atoms with Gasteiger partial charge in [-0.2, -0.15) is 5.10 Å². The number of benzene rings is 1. The molecule has 1 aliphatic heterocycles. The van der Waals surface area contributed by atoms with Crippen LogP contribution in [0, 0.1) is 5.82 Å². The van der Waals surface area contributed by atoms with E-state index in [2.05, 4.69) is 4.98 Å². The third-order valence-corrected chi connectivity index (χ3v) is 7.16. The normalized spacial score (nSPS) is 16.7. The second kappa shape index (κ2) is 9.04. The molecule has 0 atom stereocenters. The summed E-state index contributed by atoms with van der Waals surface area (Å²) in [5.41, 5.74) is 2.21. The maximum absolute atomic E-state index is 13.6. The van der Waals surface area contributed by atoms with Crippen LogP contribution in [0.5, 0.6) is 0 Å². The zero-order chi connectivity index (χ0) is 25.6. The largest absolute Gasteiger partial charge is 0.465 e. The summed E-state index contributed by atoms with van der Waals surface area (Å²) in [6, 6.07) is 7.26. The fourth-order valence-corrected chi connectivity index (χ4v) is 5.02. The van der Waals surface area contributed by atoms with Gasteiger partial charge in [0.15, 0.2) is 5.65 Å². The van der Waals surface area contributed by atoms with Crippen LogP contribution in [0.3, 0.4) is 0 Å². The third-order valence-electron chi connectivity index (χ3n) is 6.61. The highest BCUT2D eigenvalue weighted by Gasteiger charge is 2.32. The molecular formula is C23H25FN6O5S. The number of carbonyl (C=O) groups excluding carboxylic acids is 1. The molecule has 2 aromatic heterocycles. The summed E-state index contributed by atoms with van der Waals surface area (Å²) in [6.07, 6.45) is 2.83. The summed E-state index contributed by atoms with van der Waals surface area (Å²) in [5, 5.41) is 14.9. The molecule has 13 heteroatoms. The summed E-state index contributed by atoms with van der Waals surface area (Å²) in [4.78, 5) is 32.1. The minimum absolute atomic E-state index is 0.119. The van der Waals surface area contributed by atoms with E-state index in [1.165, 1.54) is 23.1 Å². The van der Waals surface area contributed by atoms with E-state index in [4.69, 9.17) is 5.10 Å². The number of anilines is 1. The highest BCUT2D eigenvalue weighted by atomic mass is 32.2. The van der Waals surface area contributed by atoms with E-state index in [-0.39, 0.29) is 24.7 Å². The number of aromatic nitrogens is 3. The fourth-order valence-electron chi connectivity index (χ4n) is 4.58. The quantitative estimate of drug-likeness (QED) is 0.527. The number of nitrogens with one attached hydrogen (secondary N) is 1. The number of hydrogen-bond donors (Lipinski definition) is 2. The van der Waals surface area contributed by atoms with Crippen LogP contribution in [0.15, 0.2) is 30.3 Å². The second-order valence-corrected chi connectivity index (χ2v) is 10.8. The Labute approximate surface area is 206 Å². The Morgan fingerprint density at radius 3 is 2.33 bits per heavy atom. The smallest absolute Gasteiger partial charge is 0.407 e. The van der Waals surface area contributed by atoms with Crippen LogP contribution in [0.4, 0.5) is 14.9 Å². The van der Waals surface area contributed by atoms with E-state index in [0.717, 1.165) is 36.6 Å². The summed E-state index contributed by atoms with van der Waals surface area (Å²) in [7, 11) is -3.84. The van der Waals surface area contributed by atoms with Crippen molar-refractivity contribution in [2.75, 3.05) is 37.3 Å². The van der Waals surface area contributed by atoms with Gasteiger partial charge in [-0.25, -0.2) is 32.0 Å². The molecular weight excluding hydrogens is 491 g/mol. The van der Waals surface area contributed by atoms with Crippen molar-refractivity contribution in [2.45, 2.75) is 25.2 Å². The predicted octanol–water partition coefficient (Wildman–Crippen LogP) is 2.32. The number of rotatable bonds is 5. The van der Waals surface area contributed by atoms with Crippen LogP contribution in [0.1, 0.15) is 41.4 Å². The van der Waals surface area contributed by atoms with Gasteiger partial charge in [-0.05, 0) is 43.2 Å². The van der Waals surface area contributed by atoms with Crippen molar-refractivity contribution in [1.82, 2.24) is 24.4 Å². The lowest BCUT2D eigenvalue weighted by molar-refractivity contribution is 0.0977. The number of halogens is 1. The summed E-state index contributed by atoms with van der Waals surface area (Å²) in [6.45, 7) is 1.30. The minimum atomic E-state index is -3.84. The van der Waals surface area contributed by atoms with Gasteiger partial charge < -0.3 is 14.9 Å². The third kappa shape index (κ3) is 4.57. The van der Waals surface area contributed by atoms with Crippen LogP contribution in [-0.2, 0) is 10.0 Å². The summed E-state index contributed by atoms with van der Waals surface area (Å²) in [5.74, 6) is -1.11. The van der Waals surface area contributed by atoms with Gasteiger partial charge in [0.1, 0.15) is 11.5 Å². The van der Waals surface area contributed by atoms with E-state index in [0.29, 0.717) is 30.1 Å². The lowest BCUT2D eigenvalue weighted by atomic mass is 9.82. The molecule has 1 saturated heterocycles. The molecule has 0 bridgehead atoms. The Hall–Kier alpha value is -3.74. The number of pyridine rings is 1. The van der Waals surface area contributed by atoms with Gasteiger partial charge in [0.05, 0.1) is 28.7 Å². The molecule has 1 aromatic carbocycles. The van der Waals surface area contributed by atoms with Crippen LogP contribution in [0.2, 0.25) is 0 Å². The minimum Gasteiger partial charge on any atom is -0.465 e. The van der Waals surface area contributed by atoms with Crippen LogP contribution >= 0.6 is 0 Å². The van der Waals surface area contributed by atoms with E-state index >= 15 is 0 Å². The molecule has 0 unspecified atom stereocenters. The van der Waals surface area contributed by atoms with E-state index in [1.807, 2.05) is 9.62 Å². The SMILES string of the molecule is CS(=O)(=O)NC(=O)c1cc(N2CCN(C(=O)O)CC2)c2c(C3CCC3)nn(-c3ccc(F)cc3)c2n1. The molecule has 0 spiro atoms. The van der Waals surface area contributed by atoms with E-state index < -0.39 is 27.8 Å². The van der Waals surface area contributed by atoms with Crippen molar-refractivity contribution in [3.05, 3.63) is 47.5 Å². The Morgan fingerprint density at radius 1 is 1.11 bits per heavy atom.